The molecule has 2 aromatic carbocycles. The number of amides is 1. The first-order valence-electron chi connectivity index (χ1n) is 7.51. The quantitative estimate of drug-likeness (QED) is 0.838. The maximum Gasteiger partial charge on any atom is 0.411 e. The molecule has 6 heteroatoms. The lowest BCUT2D eigenvalue weighted by atomic mass is 10.1. The minimum Gasteiger partial charge on any atom is -0.367 e. The molecule has 0 heterocycles. The summed E-state index contributed by atoms with van der Waals surface area (Å²) in [4.78, 5) is 12.2. The Morgan fingerprint density at radius 1 is 1.08 bits per heavy atom. The predicted molar refractivity (Wildman–Crippen MR) is 85.9 cm³/mol. The molecule has 24 heavy (non-hydrogen) atoms. The Bertz CT molecular complexity index is 681. The number of anilines is 1. The number of alkyl halides is 3. The van der Waals surface area contributed by atoms with Crippen LogP contribution in [0.4, 0.5) is 18.9 Å². The maximum absolute atomic E-state index is 12.2. The highest BCUT2D eigenvalue weighted by Gasteiger charge is 2.27. The summed E-state index contributed by atoms with van der Waals surface area (Å²) in [5.74, 6) is -0.272. The van der Waals surface area contributed by atoms with Crippen LogP contribution in [0.15, 0.2) is 48.5 Å². The van der Waals surface area contributed by atoms with Crippen LogP contribution >= 0.6 is 0 Å². The summed E-state index contributed by atoms with van der Waals surface area (Å²) < 4.78 is 40.6. The van der Waals surface area contributed by atoms with Crippen molar-refractivity contribution >= 4 is 11.6 Å². The molecule has 1 amide bonds. The minimum atomic E-state index is -4.34. The Morgan fingerprint density at radius 3 is 2.42 bits per heavy atom. The average molecular weight is 337 g/mol. The molecule has 0 spiro atoms. The summed E-state index contributed by atoms with van der Waals surface area (Å²) in [6.45, 7) is 0.587. The van der Waals surface area contributed by atoms with Gasteiger partial charge in [0.15, 0.2) is 0 Å². The van der Waals surface area contributed by atoms with Gasteiger partial charge in [0.2, 0.25) is 0 Å². The van der Waals surface area contributed by atoms with Crippen molar-refractivity contribution in [1.29, 1.82) is 0 Å². The van der Waals surface area contributed by atoms with Crippen LogP contribution in [0.2, 0.25) is 0 Å². The summed E-state index contributed by atoms with van der Waals surface area (Å²) in [7, 11) is 0. The van der Waals surface area contributed by atoms with Gasteiger partial charge in [0.1, 0.15) is 6.61 Å². The molecular formula is C18H18F3NO2. The van der Waals surface area contributed by atoms with Crippen LogP contribution in [0.5, 0.6) is 0 Å². The van der Waals surface area contributed by atoms with Gasteiger partial charge in [0.05, 0.1) is 6.61 Å². The first-order valence-corrected chi connectivity index (χ1v) is 7.51. The first kappa shape index (κ1) is 18.0. The molecule has 0 aliphatic rings. The third kappa shape index (κ3) is 5.70. The molecule has 0 atom stereocenters. The third-order valence-corrected chi connectivity index (χ3v) is 3.34. The van der Waals surface area contributed by atoms with E-state index in [9.17, 15) is 18.0 Å². The van der Waals surface area contributed by atoms with Gasteiger partial charge in [-0.15, -0.1) is 0 Å². The van der Waals surface area contributed by atoms with E-state index in [1.807, 2.05) is 25.1 Å². The van der Waals surface area contributed by atoms with Gasteiger partial charge in [0, 0.05) is 11.3 Å². The second kappa shape index (κ2) is 7.97. The molecule has 0 fully saturated rings. The van der Waals surface area contributed by atoms with Crippen LogP contribution in [0.3, 0.4) is 0 Å². The Balaban J connectivity index is 1.93. The average Bonchev–Trinajstić information content (AvgIpc) is 2.54. The lowest BCUT2D eigenvalue weighted by Crippen LogP contribution is -2.16. The van der Waals surface area contributed by atoms with Crippen molar-refractivity contribution in [1.82, 2.24) is 0 Å². The second-order valence-electron chi connectivity index (χ2n) is 5.31. The van der Waals surface area contributed by atoms with Crippen LogP contribution < -0.4 is 5.32 Å². The van der Waals surface area contributed by atoms with Crippen molar-refractivity contribution < 1.29 is 22.7 Å². The summed E-state index contributed by atoms with van der Waals surface area (Å²) in [5.41, 5.74) is 2.82. The van der Waals surface area contributed by atoms with Crippen molar-refractivity contribution in [3.63, 3.8) is 0 Å². The van der Waals surface area contributed by atoms with E-state index in [0.717, 1.165) is 12.0 Å². The van der Waals surface area contributed by atoms with Crippen LogP contribution in [0.1, 0.15) is 28.4 Å². The van der Waals surface area contributed by atoms with E-state index in [-0.39, 0.29) is 12.5 Å². The largest absolute Gasteiger partial charge is 0.411 e. The molecule has 0 saturated carbocycles. The van der Waals surface area contributed by atoms with E-state index >= 15 is 0 Å². The van der Waals surface area contributed by atoms with Gasteiger partial charge in [-0.1, -0.05) is 31.2 Å². The van der Waals surface area contributed by atoms with Crippen LogP contribution in [-0.4, -0.2) is 18.7 Å². The number of hydrogen-bond donors (Lipinski definition) is 1. The van der Waals surface area contributed by atoms with Gasteiger partial charge in [-0.3, -0.25) is 4.79 Å². The van der Waals surface area contributed by atoms with Crippen molar-refractivity contribution in [3.8, 4) is 0 Å². The summed E-state index contributed by atoms with van der Waals surface area (Å²) in [6, 6.07) is 13.8. The maximum atomic E-state index is 12.2. The normalized spacial score (nSPS) is 11.3. The minimum absolute atomic E-state index is 0.153. The first-order chi connectivity index (χ1) is 11.4. The number of rotatable bonds is 6. The number of aryl methyl sites for hydroxylation is 1. The highest BCUT2D eigenvalue weighted by molar-refractivity contribution is 6.04. The lowest BCUT2D eigenvalue weighted by Gasteiger charge is -2.09. The number of benzene rings is 2. The van der Waals surface area contributed by atoms with Gasteiger partial charge < -0.3 is 10.1 Å². The smallest absolute Gasteiger partial charge is 0.367 e. The Labute approximate surface area is 138 Å². The van der Waals surface area contributed by atoms with Crippen molar-refractivity contribution in [2.75, 3.05) is 11.9 Å². The zero-order valence-corrected chi connectivity index (χ0v) is 13.2. The predicted octanol–water partition coefficient (Wildman–Crippen LogP) is 4.58. The molecule has 2 rings (SSSR count). The van der Waals surface area contributed by atoms with Crippen LogP contribution in [0.25, 0.3) is 0 Å². The number of nitrogens with one attached hydrogen (secondary N) is 1. The van der Waals surface area contributed by atoms with E-state index in [4.69, 9.17) is 0 Å². The summed E-state index contributed by atoms with van der Waals surface area (Å²) >= 11 is 0. The van der Waals surface area contributed by atoms with Gasteiger partial charge in [-0.2, -0.15) is 13.2 Å². The molecule has 2 aromatic rings. The summed E-state index contributed by atoms with van der Waals surface area (Å²) in [5, 5.41) is 2.80. The standard InChI is InChI=1S/C18H18F3NO2/c1-2-13-4-3-5-16(10-13)22-17(23)15-8-6-14(7-9-15)11-24-12-18(19,20)21/h3-10H,2,11-12H2,1H3,(H,22,23). The molecule has 0 bridgehead atoms. The number of ether oxygens (including phenoxy) is 1. The Morgan fingerprint density at radius 2 is 1.79 bits per heavy atom. The van der Waals surface area contributed by atoms with Gasteiger partial charge in [0.25, 0.3) is 5.91 Å². The number of halogens is 3. The number of hydrogen-bond acceptors (Lipinski definition) is 2. The van der Waals surface area contributed by atoms with Crippen molar-refractivity contribution in [3.05, 3.63) is 65.2 Å². The van der Waals surface area contributed by atoms with Crippen molar-refractivity contribution in [2.45, 2.75) is 26.1 Å². The van der Waals surface area contributed by atoms with Gasteiger partial charge >= 0.3 is 6.18 Å². The molecule has 128 valence electrons. The molecule has 3 nitrogen and oxygen atoms in total. The highest BCUT2D eigenvalue weighted by Crippen LogP contribution is 2.16. The van der Waals surface area contributed by atoms with Gasteiger partial charge in [-0.05, 0) is 41.8 Å². The Kier molecular flexibility index (Phi) is 5.98. The molecule has 0 saturated heterocycles. The van der Waals surface area contributed by atoms with Crippen molar-refractivity contribution in [2.24, 2.45) is 0 Å². The molecule has 0 aromatic heterocycles. The lowest BCUT2D eigenvalue weighted by molar-refractivity contribution is -0.176. The fraction of sp³-hybridized carbons (Fsp3) is 0.278. The fourth-order valence-corrected chi connectivity index (χ4v) is 2.11. The topological polar surface area (TPSA) is 38.3 Å². The van der Waals surface area contributed by atoms with Gasteiger partial charge in [-0.25, -0.2) is 0 Å². The number of carbonyl (C=O) groups is 1. The monoisotopic (exact) mass is 337 g/mol. The highest BCUT2D eigenvalue weighted by atomic mass is 19.4. The fourth-order valence-electron chi connectivity index (χ4n) is 2.11. The molecule has 0 unspecified atom stereocenters. The zero-order chi connectivity index (χ0) is 17.6. The second-order valence-corrected chi connectivity index (χ2v) is 5.31. The SMILES string of the molecule is CCc1cccc(NC(=O)c2ccc(COCC(F)(F)F)cc2)c1. The molecule has 1 N–H and O–H groups in total. The number of carbonyl (C=O) groups excluding carboxylic acids is 1. The molecule has 0 aliphatic heterocycles. The van der Waals surface area contributed by atoms with Crippen LogP contribution in [0, 0.1) is 0 Å². The Hall–Kier alpha value is -2.34. The van der Waals surface area contributed by atoms with E-state index in [2.05, 4.69) is 10.1 Å². The molecule has 0 radical (unpaired) electrons. The van der Waals surface area contributed by atoms with E-state index < -0.39 is 12.8 Å². The third-order valence-electron chi connectivity index (χ3n) is 3.34. The zero-order valence-electron chi connectivity index (χ0n) is 13.2. The van der Waals surface area contributed by atoms with E-state index in [1.54, 1.807) is 30.3 Å². The molecule has 0 aliphatic carbocycles. The van der Waals surface area contributed by atoms with E-state index in [0.29, 0.717) is 16.8 Å². The van der Waals surface area contributed by atoms with Crippen LogP contribution in [-0.2, 0) is 17.8 Å². The van der Waals surface area contributed by atoms with E-state index in [1.165, 1.54) is 0 Å². The molecular weight excluding hydrogens is 319 g/mol. The summed E-state index contributed by atoms with van der Waals surface area (Å²) in [6.07, 6.45) is -3.47.